The number of aliphatic hydroxyl groups is 7. The van der Waals surface area contributed by atoms with E-state index in [0.29, 0.717) is 12.1 Å². The lowest BCUT2D eigenvalue weighted by Crippen LogP contribution is -2.64. The summed E-state index contributed by atoms with van der Waals surface area (Å²) in [6.45, 7) is 0.0205. The maximum Gasteiger partial charge on any atom is 0.326 e. The van der Waals surface area contributed by atoms with Crippen LogP contribution in [0.15, 0.2) is 6.20 Å². The van der Waals surface area contributed by atoms with Crippen molar-refractivity contribution in [2.45, 2.75) is 183 Å². The van der Waals surface area contributed by atoms with Gasteiger partial charge in [-0.2, -0.15) is 0 Å². The van der Waals surface area contributed by atoms with Crippen LogP contribution in [0.25, 0.3) is 0 Å². The number of hydrogen-bond donors (Lipinski definition) is 11. The van der Waals surface area contributed by atoms with Crippen LogP contribution in [0.3, 0.4) is 0 Å². The summed E-state index contributed by atoms with van der Waals surface area (Å²) in [6.07, 6.45) is -3.26. The molecular formula is C39H67N5O18. The second-order valence-electron chi connectivity index (χ2n) is 15.6. The van der Waals surface area contributed by atoms with Crippen LogP contribution in [-0.2, 0) is 56.0 Å². The molecule has 2 aliphatic heterocycles. The zero-order valence-electron chi connectivity index (χ0n) is 35.2. The first-order valence-electron chi connectivity index (χ1n) is 21.4. The van der Waals surface area contributed by atoms with E-state index in [0.717, 1.165) is 25.7 Å². The Bertz CT molecular complexity index is 1470. The average Bonchev–Trinajstić information content (AvgIpc) is 3.70. The number of aliphatic carboxylic acids is 2. The van der Waals surface area contributed by atoms with Gasteiger partial charge in [-0.25, -0.2) is 9.48 Å². The van der Waals surface area contributed by atoms with Crippen molar-refractivity contribution in [1.29, 1.82) is 0 Å². The summed E-state index contributed by atoms with van der Waals surface area (Å²) in [6, 6.07) is -2.83. The highest BCUT2D eigenvalue weighted by Gasteiger charge is 2.50. The van der Waals surface area contributed by atoms with Crippen molar-refractivity contribution in [3.05, 3.63) is 11.9 Å². The molecular weight excluding hydrogens is 826 g/mol. The van der Waals surface area contributed by atoms with Crippen LogP contribution in [-0.4, -0.2) is 185 Å². The fourth-order valence-corrected chi connectivity index (χ4v) is 6.95. The van der Waals surface area contributed by atoms with Gasteiger partial charge in [0, 0.05) is 12.8 Å². The van der Waals surface area contributed by atoms with E-state index in [1.807, 2.05) is 0 Å². The van der Waals surface area contributed by atoms with E-state index >= 15 is 0 Å². The third kappa shape index (κ3) is 17.6. The molecule has 0 saturated carbocycles. The third-order valence-electron chi connectivity index (χ3n) is 10.6. The first kappa shape index (κ1) is 52.9. The van der Waals surface area contributed by atoms with Crippen LogP contribution in [0.1, 0.15) is 103 Å². The molecule has 23 heteroatoms. The van der Waals surface area contributed by atoms with E-state index < -0.39 is 117 Å². The molecule has 2 saturated heterocycles. The molecule has 2 aliphatic rings. The third-order valence-corrected chi connectivity index (χ3v) is 10.6. The monoisotopic (exact) mass is 893 g/mol. The van der Waals surface area contributed by atoms with Crippen molar-refractivity contribution in [2.75, 3.05) is 26.4 Å². The van der Waals surface area contributed by atoms with Gasteiger partial charge in [0.25, 0.3) is 0 Å². The van der Waals surface area contributed by atoms with Crippen LogP contribution in [0.5, 0.6) is 0 Å². The standard InChI is InChI=1S/C39H67N5O18/c1-2-3-4-5-6-7-8-9-10-11-12-13-28(47)40-25(36(55)41-24(37(56)57)14-15-29(48)49)22-58-21-23-18-44(43-42-23)16-17-59-38-34(54)32(52)35(27(20-46)61-38)62-39-33(53)31(51)30(50)26(19-45)60-39/h18,24-27,30-35,38-39,45-46,50-54H,2-17,19-22H2,1H3,(H,40,47)(H,41,55)(H,48,49)(H,56,57)/t24-,25+,26?,27?,30-,31+,32-,33?,34?,35-,38-,39-/m1/s1. The molecule has 1 aromatic rings. The lowest BCUT2D eigenvalue weighted by molar-refractivity contribution is -0.359. The van der Waals surface area contributed by atoms with Crippen molar-refractivity contribution < 1.29 is 88.8 Å². The van der Waals surface area contributed by atoms with E-state index in [1.54, 1.807) is 0 Å². The quantitative estimate of drug-likeness (QED) is 0.0361. The molecule has 2 fully saturated rings. The second-order valence-corrected chi connectivity index (χ2v) is 15.6. The van der Waals surface area contributed by atoms with Crippen LogP contribution < -0.4 is 10.6 Å². The summed E-state index contributed by atoms with van der Waals surface area (Å²) < 4.78 is 29.1. The fourth-order valence-electron chi connectivity index (χ4n) is 6.95. The summed E-state index contributed by atoms with van der Waals surface area (Å²) in [5.41, 5.74) is 0.291. The number of aliphatic hydroxyl groups excluding tert-OH is 7. The van der Waals surface area contributed by atoms with Crippen LogP contribution in [0.4, 0.5) is 0 Å². The van der Waals surface area contributed by atoms with E-state index in [-0.39, 0.29) is 39.2 Å². The molecule has 2 amide bonds. The maximum absolute atomic E-state index is 13.2. The summed E-state index contributed by atoms with van der Waals surface area (Å²) >= 11 is 0. The van der Waals surface area contributed by atoms with Gasteiger partial charge in [0.2, 0.25) is 11.8 Å². The van der Waals surface area contributed by atoms with Crippen molar-refractivity contribution in [3.63, 3.8) is 0 Å². The molecule has 23 nitrogen and oxygen atoms in total. The summed E-state index contributed by atoms with van der Waals surface area (Å²) in [7, 11) is 0. The number of carbonyl (C=O) groups excluding carboxylic acids is 2. The molecule has 0 aliphatic carbocycles. The van der Waals surface area contributed by atoms with Gasteiger partial charge in [0.1, 0.15) is 66.6 Å². The number of rotatable bonds is 31. The van der Waals surface area contributed by atoms with Crippen LogP contribution in [0, 0.1) is 0 Å². The molecule has 3 heterocycles. The molecule has 4 unspecified atom stereocenters. The maximum atomic E-state index is 13.2. The fraction of sp³-hybridized carbons (Fsp3) is 0.846. The Hall–Kier alpha value is -3.46. The smallest absolute Gasteiger partial charge is 0.326 e. The highest BCUT2D eigenvalue weighted by atomic mass is 16.7. The van der Waals surface area contributed by atoms with Gasteiger partial charge in [-0.1, -0.05) is 76.3 Å². The molecule has 11 N–H and O–H groups in total. The lowest BCUT2D eigenvalue weighted by atomic mass is 9.97. The number of nitrogens with zero attached hydrogens (tertiary/aromatic N) is 3. The number of hydrogen-bond acceptors (Lipinski definition) is 18. The van der Waals surface area contributed by atoms with Gasteiger partial charge >= 0.3 is 11.9 Å². The largest absolute Gasteiger partial charge is 0.481 e. The predicted octanol–water partition coefficient (Wildman–Crippen LogP) is -1.94. The van der Waals surface area contributed by atoms with E-state index in [9.17, 15) is 60.0 Å². The number of carboxylic acids is 2. The first-order valence-corrected chi connectivity index (χ1v) is 21.4. The summed E-state index contributed by atoms with van der Waals surface area (Å²) in [4.78, 5) is 48.8. The zero-order valence-corrected chi connectivity index (χ0v) is 35.2. The Balaban J connectivity index is 1.48. The normalized spacial score (nSPS) is 27.4. The summed E-state index contributed by atoms with van der Waals surface area (Å²) in [5.74, 6) is -3.99. The van der Waals surface area contributed by atoms with Gasteiger partial charge in [-0.05, 0) is 12.8 Å². The van der Waals surface area contributed by atoms with Gasteiger partial charge in [0.15, 0.2) is 12.6 Å². The highest BCUT2D eigenvalue weighted by Crippen LogP contribution is 2.29. The van der Waals surface area contributed by atoms with Crippen LogP contribution in [0.2, 0.25) is 0 Å². The first-order chi connectivity index (χ1) is 29.7. The number of carboxylic acid groups (broad SMARTS) is 2. The van der Waals surface area contributed by atoms with Crippen LogP contribution >= 0.6 is 0 Å². The Morgan fingerprint density at radius 3 is 1.98 bits per heavy atom. The minimum Gasteiger partial charge on any atom is -0.481 e. The Morgan fingerprint density at radius 2 is 1.37 bits per heavy atom. The molecule has 0 bridgehead atoms. The second kappa shape index (κ2) is 28.4. The molecule has 1 aromatic heterocycles. The Kier molecular flexibility index (Phi) is 24.2. The van der Waals surface area contributed by atoms with Crippen molar-refractivity contribution in [2.24, 2.45) is 0 Å². The molecule has 0 spiro atoms. The molecule has 356 valence electrons. The zero-order chi connectivity index (χ0) is 45.6. The van der Waals surface area contributed by atoms with E-state index in [2.05, 4.69) is 27.9 Å². The number of carbonyl (C=O) groups is 4. The van der Waals surface area contributed by atoms with Crippen molar-refractivity contribution in [3.8, 4) is 0 Å². The van der Waals surface area contributed by atoms with E-state index in [4.69, 9.17) is 28.8 Å². The topological polar surface area (TPSA) is 351 Å². The predicted molar refractivity (Wildman–Crippen MR) is 211 cm³/mol. The minimum atomic E-state index is -1.81. The number of aromatic nitrogens is 3. The molecule has 3 rings (SSSR count). The molecule has 0 aromatic carbocycles. The minimum absolute atomic E-state index is 0.0390. The van der Waals surface area contributed by atoms with Gasteiger partial charge in [0.05, 0.1) is 45.8 Å². The van der Waals surface area contributed by atoms with Crippen molar-refractivity contribution >= 4 is 23.8 Å². The summed E-state index contributed by atoms with van der Waals surface area (Å²) in [5, 5.41) is 103. The Labute approximate surface area is 359 Å². The number of nitrogens with one attached hydrogen (secondary N) is 2. The lowest BCUT2D eigenvalue weighted by Gasteiger charge is -2.45. The number of unbranched alkanes of at least 4 members (excludes halogenated alkanes) is 10. The number of amides is 2. The van der Waals surface area contributed by atoms with Gasteiger partial charge in [-0.3, -0.25) is 14.4 Å². The van der Waals surface area contributed by atoms with Gasteiger partial charge < -0.3 is 80.3 Å². The number of ether oxygens (including phenoxy) is 5. The van der Waals surface area contributed by atoms with Gasteiger partial charge in [-0.15, -0.1) is 5.10 Å². The Morgan fingerprint density at radius 1 is 0.758 bits per heavy atom. The SMILES string of the molecule is CCCCCCCCCCCCCC(=O)N[C@@H](COCc1cn(CCO[C@@H]2OC(CO)[C@@H](O[C@H]3OC(CO)[C@@H](O)[C@H](O)C3O)[C@H](O)C2O)nn1)C(=O)N[C@H](CCC(=O)O)C(=O)O. The molecule has 62 heavy (non-hydrogen) atoms. The van der Waals surface area contributed by atoms with E-state index in [1.165, 1.54) is 49.4 Å². The molecule has 0 radical (unpaired) electrons. The highest BCUT2D eigenvalue weighted by molar-refractivity contribution is 5.90. The average molecular weight is 894 g/mol. The van der Waals surface area contributed by atoms with Crippen molar-refractivity contribution in [1.82, 2.24) is 25.6 Å². The molecule has 12 atom stereocenters.